The standard InChI is InChI=1S/C15H22ClNO2S/c1-11-14(5-7-19-11)20-15-4-3-13(16)9-12(15)10-17-6-8-18-2/h3-4,9,11,14,17H,5-8,10H2,1-2H3. The van der Waals surface area contributed by atoms with E-state index < -0.39 is 0 Å². The van der Waals surface area contributed by atoms with Crippen molar-refractivity contribution in [2.75, 3.05) is 26.9 Å². The predicted molar refractivity (Wildman–Crippen MR) is 84.7 cm³/mol. The maximum atomic E-state index is 6.12. The topological polar surface area (TPSA) is 30.5 Å². The molecule has 1 aromatic carbocycles. The molecule has 0 amide bonds. The van der Waals surface area contributed by atoms with Crippen LogP contribution in [0.1, 0.15) is 18.9 Å². The van der Waals surface area contributed by atoms with Gasteiger partial charge in [0.2, 0.25) is 0 Å². The number of benzene rings is 1. The molecule has 0 radical (unpaired) electrons. The summed E-state index contributed by atoms with van der Waals surface area (Å²) in [5.41, 5.74) is 1.25. The second kappa shape index (κ2) is 8.25. The van der Waals surface area contributed by atoms with Crippen LogP contribution in [0.2, 0.25) is 5.02 Å². The van der Waals surface area contributed by atoms with Gasteiger partial charge in [0.15, 0.2) is 0 Å². The molecular weight excluding hydrogens is 294 g/mol. The summed E-state index contributed by atoms with van der Waals surface area (Å²) in [6, 6.07) is 6.12. The van der Waals surface area contributed by atoms with Crippen LogP contribution in [0.5, 0.6) is 0 Å². The molecule has 0 bridgehead atoms. The van der Waals surface area contributed by atoms with E-state index in [2.05, 4.69) is 18.3 Å². The highest BCUT2D eigenvalue weighted by molar-refractivity contribution is 8.00. The van der Waals surface area contributed by atoms with Crippen molar-refractivity contribution in [3.05, 3.63) is 28.8 Å². The lowest BCUT2D eigenvalue weighted by Gasteiger charge is -2.17. The van der Waals surface area contributed by atoms with Crippen LogP contribution in [-0.2, 0) is 16.0 Å². The smallest absolute Gasteiger partial charge is 0.0669 e. The Balaban J connectivity index is 1.99. The zero-order valence-corrected chi connectivity index (χ0v) is 13.6. The van der Waals surface area contributed by atoms with E-state index in [1.165, 1.54) is 10.5 Å². The molecular formula is C15H22ClNO2S. The summed E-state index contributed by atoms with van der Waals surface area (Å²) in [6.07, 6.45) is 1.44. The summed E-state index contributed by atoms with van der Waals surface area (Å²) in [7, 11) is 1.71. The summed E-state index contributed by atoms with van der Waals surface area (Å²) >= 11 is 8.02. The van der Waals surface area contributed by atoms with Crippen LogP contribution in [0.4, 0.5) is 0 Å². The molecule has 0 aromatic heterocycles. The lowest BCUT2D eigenvalue weighted by molar-refractivity contribution is 0.127. The average Bonchev–Trinajstić information content (AvgIpc) is 2.83. The summed E-state index contributed by atoms with van der Waals surface area (Å²) in [5.74, 6) is 0. The number of nitrogens with one attached hydrogen (secondary N) is 1. The highest BCUT2D eigenvalue weighted by atomic mass is 35.5. The van der Waals surface area contributed by atoms with Crippen molar-refractivity contribution in [2.45, 2.75) is 36.1 Å². The molecule has 1 saturated heterocycles. The molecule has 1 fully saturated rings. The van der Waals surface area contributed by atoms with Gasteiger partial charge in [-0.3, -0.25) is 0 Å². The highest BCUT2D eigenvalue weighted by Crippen LogP contribution is 2.35. The van der Waals surface area contributed by atoms with Crippen molar-refractivity contribution in [3.8, 4) is 0 Å². The lowest BCUT2D eigenvalue weighted by Crippen LogP contribution is -2.19. The number of rotatable bonds is 7. The average molecular weight is 316 g/mol. The first-order valence-corrected chi connectivity index (χ1v) is 8.23. The number of ether oxygens (including phenoxy) is 2. The van der Waals surface area contributed by atoms with E-state index in [9.17, 15) is 0 Å². The maximum absolute atomic E-state index is 6.12. The van der Waals surface area contributed by atoms with E-state index in [1.807, 2.05) is 23.9 Å². The number of halogens is 1. The fourth-order valence-electron chi connectivity index (χ4n) is 2.23. The molecule has 2 unspecified atom stereocenters. The zero-order valence-electron chi connectivity index (χ0n) is 12.0. The quantitative estimate of drug-likeness (QED) is 0.782. The molecule has 2 rings (SSSR count). The summed E-state index contributed by atoms with van der Waals surface area (Å²) in [4.78, 5) is 1.29. The van der Waals surface area contributed by atoms with Crippen molar-refractivity contribution in [1.82, 2.24) is 5.32 Å². The minimum Gasteiger partial charge on any atom is -0.383 e. The van der Waals surface area contributed by atoms with Gasteiger partial charge in [0.05, 0.1) is 12.7 Å². The van der Waals surface area contributed by atoms with Gasteiger partial charge in [0, 0.05) is 42.0 Å². The fraction of sp³-hybridized carbons (Fsp3) is 0.600. The lowest BCUT2D eigenvalue weighted by atomic mass is 10.2. The molecule has 0 saturated carbocycles. The van der Waals surface area contributed by atoms with Crippen LogP contribution in [-0.4, -0.2) is 38.2 Å². The van der Waals surface area contributed by atoms with Crippen LogP contribution >= 0.6 is 23.4 Å². The highest BCUT2D eigenvalue weighted by Gasteiger charge is 2.25. The first-order valence-electron chi connectivity index (χ1n) is 6.97. The third-order valence-electron chi connectivity index (χ3n) is 3.41. The summed E-state index contributed by atoms with van der Waals surface area (Å²) in [5, 5.41) is 4.70. The first kappa shape index (κ1) is 16.1. The molecule has 1 aromatic rings. The van der Waals surface area contributed by atoms with Crippen LogP contribution < -0.4 is 5.32 Å². The van der Waals surface area contributed by atoms with Crippen molar-refractivity contribution in [2.24, 2.45) is 0 Å². The van der Waals surface area contributed by atoms with E-state index in [0.717, 1.165) is 37.7 Å². The van der Waals surface area contributed by atoms with Crippen molar-refractivity contribution >= 4 is 23.4 Å². The monoisotopic (exact) mass is 315 g/mol. The SMILES string of the molecule is COCCNCc1cc(Cl)ccc1SC1CCOC1C. The third-order valence-corrected chi connectivity index (χ3v) is 5.21. The van der Waals surface area contributed by atoms with Gasteiger partial charge < -0.3 is 14.8 Å². The van der Waals surface area contributed by atoms with Crippen molar-refractivity contribution in [3.63, 3.8) is 0 Å². The fourth-order valence-corrected chi connectivity index (χ4v) is 3.66. The Morgan fingerprint density at radius 3 is 3.05 bits per heavy atom. The van der Waals surface area contributed by atoms with Crippen LogP contribution in [0.3, 0.4) is 0 Å². The van der Waals surface area contributed by atoms with Gasteiger partial charge >= 0.3 is 0 Å². The van der Waals surface area contributed by atoms with E-state index in [4.69, 9.17) is 21.1 Å². The molecule has 112 valence electrons. The second-order valence-corrected chi connectivity index (χ2v) is 6.66. The molecule has 0 aliphatic carbocycles. The summed E-state index contributed by atoms with van der Waals surface area (Å²) < 4.78 is 10.7. The predicted octanol–water partition coefficient (Wildman–Crippen LogP) is 3.35. The number of thioether (sulfide) groups is 1. The molecule has 5 heteroatoms. The Hall–Kier alpha value is -0.260. The molecule has 1 N–H and O–H groups in total. The summed E-state index contributed by atoms with van der Waals surface area (Å²) in [6.45, 7) is 5.39. The van der Waals surface area contributed by atoms with Crippen LogP contribution in [0.15, 0.2) is 23.1 Å². The minimum atomic E-state index is 0.324. The number of methoxy groups -OCH3 is 1. The Kier molecular flexibility index (Phi) is 6.65. The van der Waals surface area contributed by atoms with Gasteiger partial charge in [0.25, 0.3) is 0 Å². The first-order chi connectivity index (χ1) is 9.70. The molecule has 1 heterocycles. The maximum Gasteiger partial charge on any atom is 0.0669 e. The van der Waals surface area contributed by atoms with Gasteiger partial charge in [-0.15, -0.1) is 11.8 Å². The molecule has 1 aliphatic rings. The normalized spacial score (nSPS) is 22.4. The van der Waals surface area contributed by atoms with Gasteiger partial charge in [-0.2, -0.15) is 0 Å². The molecule has 1 aliphatic heterocycles. The number of hydrogen-bond donors (Lipinski definition) is 1. The van der Waals surface area contributed by atoms with Gasteiger partial charge in [-0.1, -0.05) is 11.6 Å². The molecule has 0 spiro atoms. The van der Waals surface area contributed by atoms with E-state index >= 15 is 0 Å². The molecule has 20 heavy (non-hydrogen) atoms. The second-order valence-electron chi connectivity index (χ2n) is 4.94. The van der Waals surface area contributed by atoms with Gasteiger partial charge in [-0.05, 0) is 37.1 Å². The van der Waals surface area contributed by atoms with Crippen molar-refractivity contribution < 1.29 is 9.47 Å². The Morgan fingerprint density at radius 1 is 1.50 bits per heavy atom. The molecule has 3 nitrogen and oxygen atoms in total. The van der Waals surface area contributed by atoms with Crippen LogP contribution in [0.25, 0.3) is 0 Å². The van der Waals surface area contributed by atoms with Crippen LogP contribution in [0, 0.1) is 0 Å². The minimum absolute atomic E-state index is 0.324. The van der Waals surface area contributed by atoms with E-state index in [0.29, 0.717) is 11.4 Å². The van der Waals surface area contributed by atoms with E-state index in [-0.39, 0.29) is 0 Å². The van der Waals surface area contributed by atoms with Gasteiger partial charge in [-0.25, -0.2) is 0 Å². The third kappa shape index (κ3) is 4.64. The Morgan fingerprint density at radius 2 is 2.35 bits per heavy atom. The zero-order chi connectivity index (χ0) is 14.4. The largest absolute Gasteiger partial charge is 0.383 e. The van der Waals surface area contributed by atoms with Crippen molar-refractivity contribution in [1.29, 1.82) is 0 Å². The Labute approximate surface area is 130 Å². The number of hydrogen-bond acceptors (Lipinski definition) is 4. The Bertz CT molecular complexity index is 430. The molecule has 2 atom stereocenters. The van der Waals surface area contributed by atoms with Gasteiger partial charge in [0.1, 0.15) is 0 Å². The van der Waals surface area contributed by atoms with E-state index in [1.54, 1.807) is 7.11 Å².